The summed E-state index contributed by atoms with van der Waals surface area (Å²) >= 11 is -0.826. The van der Waals surface area contributed by atoms with Gasteiger partial charge in [0.2, 0.25) is 0 Å². The normalized spacial score (nSPS) is 12.8. The van der Waals surface area contributed by atoms with Crippen molar-refractivity contribution in [3.05, 3.63) is 58.1 Å². The van der Waals surface area contributed by atoms with Crippen LogP contribution in [-0.2, 0) is 38.1 Å². The molecule has 0 heterocycles. The summed E-state index contributed by atoms with van der Waals surface area (Å²) in [6.45, 7) is 16.0. The SMILES string of the molecule is Cc1cc(C(C)(C)C)cc2c1-c1ccc(C(C)(C)C)cc1C2.[Cl][Zr][Cl]. The van der Waals surface area contributed by atoms with Crippen molar-refractivity contribution in [1.29, 1.82) is 0 Å². The van der Waals surface area contributed by atoms with Crippen LogP contribution in [0.15, 0.2) is 30.3 Å². The number of benzene rings is 2. The summed E-state index contributed by atoms with van der Waals surface area (Å²) in [5.74, 6) is 0. The van der Waals surface area contributed by atoms with Gasteiger partial charge in [0.15, 0.2) is 0 Å². The Bertz CT molecular complexity index is 765. The number of rotatable bonds is 0. The molecule has 0 nitrogen and oxygen atoms in total. The molecular formula is C22H28Cl2Zr. The molecule has 0 unspecified atom stereocenters. The van der Waals surface area contributed by atoms with E-state index in [2.05, 4.69) is 78.8 Å². The molecule has 0 bridgehead atoms. The summed E-state index contributed by atoms with van der Waals surface area (Å²) in [6.07, 6.45) is 1.08. The number of fused-ring (bicyclic) bond motifs is 3. The zero-order valence-electron chi connectivity index (χ0n) is 16.3. The van der Waals surface area contributed by atoms with Gasteiger partial charge in [-0.2, -0.15) is 0 Å². The molecule has 1 aliphatic rings. The fraction of sp³-hybridized carbons (Fsp3) is 0.455. The number of aryl methyl sites for hydroxylation is 1. The van der Waals surface area contributed by atoms with Gasteiger partial charge in [0.1, 0.15) is 0 Å². The molecular weight excluding hydrogens is 426 g/mol. The Hall–Kier alpha value is -0.0969. The Labute approximate surface area is 172 Å². The monoisotopic (exact) mass is 452 g/mol. The topological polar surface area (TPSA) is 0 Å². The van der Waals surface area contributed by atoms with E-state index in [0.29, 0.717) is 0 Å². The van der Waals surface area contributed by atoms with Gasteiger partial charge >= 0.3 is 37.9 Å². The van der Waals surface area contributed by atoms with E-state index in [1.807, 2.05) is 0 Å². The van der Waals surface area contributed by atoms with Gasteiger partial charge in [-0.3, -0.25) is 0 Å². The van der Waals surface area contributed by atoms with Crippen molar-refractivity contribution in [2.75, 3.05) is 0 Å². The van der Waals surface area contributed by atoms with Crippen LogP contribution in [-0.4, -0.2) is 0 Å². The molecule has 0 saturated carbocycles. The van der Waals surface area contributed by atoms with E-state index in [4.69, 9.17) is 17.0 Å². The van der Waals surface area contributed by atoms with Gasteiger partial charge < -0.3 is 0 Å². The quantitative estimate of drug-likeness (QED) is 0.329. The molecule has 0 spiro atoms. The summed E-state index contributed by atoms with van der Waals surface area (Å²) in [5, 5.41) is 0. The second kappa shape index (κ2) is 7.87. The van der Waals surface area contributed by atoms with Crippen LogP contribution < -0.4 is 0 Å². The van der Waals surface area contributed by atoms with E-state index in [0.717, 1.165) is 6.42 Å². The van der Waals surface area contributed by atoms with Gasteiger partial charge in [-0.05, 0) is 63.1 Å². The van der Waals surface area contributed by atoms with Gasteiger partial charge in [-0.25, -0.2) is 0 Å². The van der Waals surface area contributed by atoms with Gasteiger partial charge in [0.25, 0.3) is 0 Å². The Balaban J connectivity index is 0.000000701. The average Bonchev–Trinajstić information content (AvgIpc) is 2.84. The van der Waals surface area contributed by atoms with E-state index >= 15 is 0 Å². The summed E-state index contributed by atoms with van der Waals surface area (Å²) in [7, 11) is 9.87. The summed E-state index contributed by atoms with van der Waals surface area (Å²) in [4.78, 5) is 0. The molecule has 0 amide bonds. The van der Waals surface area contributed by atoms with E-state index in [9.17, 15) is 0 Å². The first-order valence-electron chi connectivity index (χ1n) is 8.73. The molecule has 0 aliphatic heterocycles. The molecule has 0 atom stereocenters. The Morgan fingerprint density at radius 2 is 1.32 bits per heavy atom. The van der Waals surface area contributed by atoms with Crippen molar-refractivity contribution in [1.82, 2.24) is 0 Å². The third-order valence-electron chi connectivity index (χ3n) is 4.90. The third kappa shape index (κ3) is 4.80. The summed E-state index contributed by atoms with van der Waals surface area (Å²) in [5.41, 5.74) is 10.7. The van der Waals surface area contributed by atoms with E-state index in [1.165, 1.54) is 38.9 Å². The Kier molecular flexibility index (Phi) is 6.68. The molecule has 25 heavy (non-hydrogen) atoms. The summed E-state index contributed by atoms with van der Waals surface area (Å²) in [6, 6.07) is 11.9. The molecule has 0 aromatic heterocycles. The van der Waals surface area contributed by atoms with Crippen LogP contribution in [0.3, 0.4) is 0 Å². The van der Waals surface area contributed by atoms with Crippen molar-refractivity contribution in [3.8, 4) is 11.1 Å². The maximum absolute atomic E-state index is 4.93. The molecule has 2 aromatic rings. The minimum atomic E-state index is -0.826. The number of halogens is 2. The van der Waals surface area contributed by atoms with E-state index in [-0.39, 0.29) is 10.8 Å². The van der Waals surface area contributed by atoms with Crippen molar-refractivity contribution < 1.29 is 20.8 Å². The molecule has 0 fully saturated rings. The van der Waals surface area contributed by atoms with Gasteiger partial charge in [0.05, 0.1) is 0 Å². The maximum atomic E-state index is 4.93. The van der Waals surface area contributed by atoms with Crippen LogP contribution in [0.2, 0.25) is 0 Å². The second-order valence-corrected chi connectivity index (χ2v) is 12.7. The van der Waals surface area contributed by atoms with Gasteiger partial charge in [-0.15, -0.1) is 0 Å². The fourth-order valence-corrected chi connectivity index (χ4v) is 3.47. The number of hydrogen-bond donors (Lipinski definition) is 0. The van der Waals surface area contributed by atoms with Gasteiger partial charge in [0, 0.05) is 0 Å². The molecule has 2 aromatic carbocycles. The third-order valence-corrected chi connectivity index (χ3v) is 4.90. The summed E-state index contributed by atoms with van der Waals surface area (Å²) < 4.78 is 0. The van der Waals surface area contributed by atoms with Crippen LogP contribution in [0, 0.1) is 6.92 Å². The van der Waals surface area contributed by atoms with Crippen molar-refractivity contribution in [2.24, 2.45) is 0 Å². The Morgan fingerprint density at radius 1 is 0.800 bits per heavy atom. The second-order valence-electron chi connectivity index (χ2n) is 8.95. The molecule has 134 valence electrons. The molecule has 0 saturated heterocycles. The van der Waals surface area contributed by atoms with Gasteiger partial charge in [-0.1, -0.05) is 71.9 Å². The molecule has 0 N–H and O–H groups in total. The van der Waals surface area contributed by atoms with Crippen LogP contribution in [0.5, 0.6) is 0 Å². The molecule has 1 aliphatic carbocycles. The standard InChI is InChI=1S/C22H28.2ClH.Zr/c1-14-10-18(22(5,6)7)13-16-11-15-12-17(21(2,3)4)8-9-19(15)20(14)16;;;/h8-10,12-13H,11H2,1-7H3;2*1H;/q;;;+2/p-2. The zero-order valence-corrected chi connectivity index (χ0v) is 20.3. The van der Waals surface area contributed by atoms with Crippen LogP contribution in [0.4, 0.5) is 0 Å². The Morgan fingerprint density at radius 3 is 1.84 bits per heavy atom. The van der Waals surface area contributed by atoms with Crippen molar-refractivity contribution in [3.63, 3.8) is 0 Å². The first kappa shape index (κ1) is 21.2. The van der Waals surface area contributed by atoms with Crippen LogP contribution >= 0.6 is 17.0 Å². The average molecular weight is 455 g/mol. The zero-order chi connectivity index (χ0) is 19.0. The predicted molar refractivity (Wildman–Crippen MR) is 109 cm³/mol. The number of hydrogen-bond acceptors (Lipinski definition) is 0. The van der Waals surface area contributed by atoms with E-state index in [1.54, 1.807) is 0 Å². The molecule has 3 rings (SSSR count). The van der Waals surface area contributed by atoms with Crippen LogP contribution in [0.1, 0.15) is 69.4 Å². The molecule has 3 heteroatoms. The van der Waals surface area contributed by atoms with Crippen molar-refractivity contribution in [2.45, 2.75) is 65.7 Å². The minimum absolute atomic E-state index is 0.213. The first-order chi connectivity index (χ1) is 11.5. The fourth-order valence-electron chi connectivity index (χ4n) is 3.47. The van der Waals surface area contributed by atoms with E-state index < -0.39 is 20.8 Å². The first-order valence-corrected chi connectivity index (χ1v) is 15.1. The molecule has 0 radical (unpaired) electrons. The van der Waals surface area contributed by atoms with Crippen molar-refractivity contribution >= 4 is 17.0 Å². The predicted octanol–water partition coefficient (Wildman–Crippen LogP) is 7.54. The van der Waals surface area contributed by atoms with Crippen LogP contribution in [0.25, 0.3) is 11.1 Å².